The van der Waals surface area contributed by atoms with E-state index in [1.165, 1.54) is 23.2 Å². The first-order valence-corrected chi connectivity index (χ1v) is 6.97. The van der Waals surface area contributed by atoms with Crippen molar-refractivity contribution in [3.63, 3.8) is 0 Å². The predicted octanol–water partition coefficient (Wildman–Crippen LogP) is 3.09. The fourth-order valence-electron chi connectivity index (χ4n) is 2.89. The molecule has 0 aliphatic heterocycles. The molecule has 1 aliphatic carbocycles. The minimum Gasteiger partial charge on any atom is -0.378 e. The third-order valence-corrected chi connectivity index (χ3v) is 4.07. The fourth-order valence-corrected chi connectivity index (χ4v) is 2.89. The van der Waals surface area contributed by atoms with Crippen LogP contribution in [0, 0.1) is 18.3 Å². The molecule has 1 unspecified atom stereocenters. The van der Waals surface area contributed by atoms with Crippen molar-refractivity contribution in [1.82, 2.24) is 9.78 Å². The van der Waals surface area contributed by atoms with E-state index in [2.05, 4.69) is 23.4 Å². The van der Waals surface area contributed by atoms with Crippen LogP contribution < -0.4 is 5.32 Å². The van der Waals surface area contributed by atoms with Crippen molar-refractivity contribution in [3.05, 3.63) is 46.8 Å². The average Bonchev–Trinajstić information content (AvgIpc) is 2.84. The summed E-state index contributed by atoms with van der Waals surface area (Å²) in [6, 6.07) is 8.27. The van der Waals surface area contributed by atoms with E-state index in [1.807, 2.05) is 36.1 Å². The molecule has 0 radical (unpaired) electrons. The highest BCUT2D eigenvalue weighted by Crippen LogP contribution is 2.33. The summed E-state index contributed by atoms with van der Waals surface area (Å²) in [5, 5.41) is 17.0. The molecule has 20 heavy (non-hydrogen) atoms. The maximum absolute atomic E-state index is 9.03. The molecule has 1 atom stereocenters. The molecule has 0 bridgehead atoms. The molecule has 102 valence electrons. The third kappa shape index (κ3) is 2.16. The van der Waals surface area contributed by atoms with Crippen LogP contribution in [0.1, 0.15) is 41.3 Å². The Morgan fingerprint density at radius 3 is 3.10 bits per heavy atom. The van der Waals surface area contributed by atoms with Gasteiger partial charge < -0.3 is 5.32 Å². The minimum atomic E-state index is 0.292. The van der Waals surface area contributed by atoms with Gasteiger partial charge in [-0.3, -0.25) is 4.68 Å². The maximum atomic E-state index is 9.03. The van der Waals surface area contributed by atoms with Crippen LogP contribution >= 0.6 is 0 Å². The highest BCUT2D eigenvalue weighted by Gasteiger charge is 2.23. The predicted molar refractivity (Wildman–Crippen MR) is 78.4 cm³/mol. The Morgan fingerprint density at radius 2 is 2.30 bits per heavy atom. The van der Waals surface area contributed by atoms with Crippen LogP contribution in [0.15, 0.2) is 24.4 Å². The zero-order valence-corrected chi connectivity index (χ0v) is 11.8. The van der Waals surface area contributed by atoms with Gasteiger partial charge in [-0.2, -0.15) is 10.4 Å². The number of nitrogens with one attached hydrogen (secondary N) is 1. The standard InChI is InChI=1S/C16H18N4/c1-11-6-7-12(9-17)8-15(11)19-14-4-3-5-16-13(14)10-18-20(16)2/h6-8,10,14,19H,3-5H2,1-2H3. The summed E-state index contributed by atoms with van der Waals surface area (Å²) >= 11 is 0. The quantitative estimate of drug-likeness (QED) is 0.908. The molecule has 0 spiro atoms. The maximum Gasteiger partial charge on any atom is 0.0992 e. The Balaban J connectivity index is 1.91. The van der Waals surface area contributed by atoms with Gasteiger partial charge in [-0.15, -0.1) is 0 Å². The molecule has 2 aromatic rings. The van der Waals surface area contributed by atoms with Crippen LogP contribution in [0.3, 0.4) is 0 Å². The summed E-state index contributed by atoms with van der Waals surface area (Å²) in [4.78, 5) is 0. The van der Waals surface area contributed by atoms with E-state index in [-0.39, 0.29) is 0 Å². The summed E-state index contributed by atoms with van der Waals surface area (Å²) in [6.45, 7) is 2.07. The zero-order valence-electron chi connectivity index (χ0n) is 11.8. The van der Waals surface area contributed by atoms with Crippen LogP contribution in [0.2, 0.25) is 0 Å². The van der Waals surface area contributed by atoms with Crippen molar-refractivity contribution in [2.75, 3.05) is 5.32 Å². The molecule has 1 aromatic carbocycles. The van der Waals surface area contributed by atoms with Crippen LogP contribution in [0.5, 0.6) is 0 Å². The second-order valence-electron chi connectivity index (χ2n) is 5.40. The zero-order chi connectivity index (χ0) is 14.1. The Kier molecular flexibility index (Phi) is 3.19. The first-order valence-electron chi connectivity index (χ1n) is 6.97. The number of rotatable bonds is 2. The second kappa shape index (κ2) is 5.01. The van der Waals surface area contributed by atoms with E-state index >= 15 is 0 Å². The summed E-state index contributed by atoms with van der Waals surface area (Å²) < 4.78 is 1.97. The van der Waals surface area contributed by atoms with Gasteiger partial charge in [0.05, 0.1) is 23.9 Å². The molecule has 4 nitrogen and oxygen atoms in total. The molecule has 0 saturated heterocycles. The Labute approximate surface area is 119 Å². The normalized spacial score (nSPS) is 17.4. The third-order valence-electron chi connectivity index (χ3n) is 4.07. The number of fused-ring (bicyclic) bond motifs is 1. The van der Waals surface area contributed by atoms with Crippen molar-refractivity contribution in [2.45, 2.75) is 32.2 Å². The molecule has 1 N–H and O–H groups in total. The van der Waals surface area contributed by atoms with Crippen molar-refractivity contribution in [3.8, 4) is 6.07 Å². The molecule has 0 saturated carbocycles. The number of anilines is 1. The number of aromatic nitrogens is 2. The summed E-state index contributed by atoms with van der Waals surface area (Å²) in [6.07, 6.45) is 5.34. The van der Waals surface area contributed by atoms with Crippen LogP contribution in [0.4, 0.5) is 5.69 Å². The van der Waals surface area contributed by atoms with E-state index in [4.69, 9.17) is 5.26 Å². The molecular weight excluding hydrogens is 248 g/mol. The molecule has 1 aromatic heterocycles. The highest BCUT2D eigenvalue weighted by atomic mass is 15.3. The van der Waals surface area contributed by atoms with E-state index < -0.39 is 0 Å². The van der Waals surface area contributed by atoms with Gasteiger partial charge in [0.2, 0.25) is 0 Å². The lowest BCUT2D eigenvalue weighted by Gasteiger charge is -2.25. The minimum absolute atomic E-state index is 0.292. The van der Waals surface area contributed by atoms with E-state index in [0.29, 0.717) is 11.6 Å². The first-order chi connectivity index (χ1) is 9.69. The number of nitrogens with zero attached hydrogens (tertiary/aromatic N) is 3. The fraction of sp³-hybridized carbons (Fsp3) is 0.375. The lowest BCUT2D eigenvalue weighted by molar-refractivity contribution is 0.571. The van der Waals surface area contributed by atoms with Crippen molar-refractivity contribution < 1.29 is 0 Å². The van der Waals surface area contributed by atoms with E-state index in [1.54, 1.807) is 0 Å². The Morgan fingerprint density at radius 1 is 1.45 bits per heavy atom. The molecule has 1 aliphatic rings. The lowest BCUT2D eigenvalue weighted by atomic mass is 9.92. The van der Waals surface area contributed by atoms with Gasteiger partial charge >= 0.3 is 0 Å². The monoisotopic (exact) mass is 266 g/mol. The molecule has 0 amide bonds. The number of benzene rings is 1. The largest absolute Gasteiger partial charge is 0.378 e. The highest BCUT2D eigenvalue weighted by molar-refractivity contribution is 5.56. The molecule has 1 heterocycles. The smallest absolute Gasteiger partial charge is 0.0992 e. The van der Waals surface area contributed by atoms with Gasteiger partial charge in [0.15, 0.2) is 0 Å². The van der Waals surface area contributed by atoms with Crippen molar-refractivity contribution in [1.29, 1.82) is 5.26 Å². The lowest BCUT2D eigenvalue weighted by Crippen LogP contribution is -2.18. The van der Waals surface area contributed by atoms with Gasteiger partial charge in [0.1, 0.15) is 0 Å². The molecule has 4 heteroatoms. The molecule has 0 fully saturated rings. The van der Waals surface area contributed by atoms with Gasteiger partial charge in [-0.05, 0) is 43.9 Å². The summed E-state index contributed by atoms with van der Waals surface area (Å²) in [5.74, 6) is 0. The summed E-state index contributed by atoms with van der Waals surface area (Å²) in [5.41, 5.74) is 5.52. The van der Waals surface area contributed by atoms with Crippen LogP contribution in [0.25, 0.3) is 0 Å². The second-order valence-corrected chi connectivity index (χ2v) is 5.40. The van der Waals surface area contributed by atoms with E-state index in [0.717, 1.165) is 18.5 Å². The number of hydrogen-bond donors (Lipinski definition) is 1. The van der Waals surface area contributed by atoms with E-state index in [9.17, 15) is 0 Å². The first kappa shape index (κ1) is 12.7. The molecular formula is C16H18N4. The van der Waals surface area contributed by atoms with Gasteiger partial charge in [0.25, 0.3) is 0 Å². The molecule has 3 rings (SSSR count). The number of hydrogen-bond acceptors (Lipinski definition) is 3. The van der Waals surface area contributed by atoms with Gasteiger partial charge in [-0.25, -0.2) is 0 Å². The van der Waals surface area contributed by atoms with Gasteiger partial charge in [-0.1, -0.05) is 6.07 Å². The topological polar surface area (TPSA) is 53.6 Å². The number of aryl methyl sites for hydroxylation is 2. The summed E-state index contributed by atoms with van der Waals surface area (Å²) in [7, 11) is 2.00. The van der Waals surface area contributed by atoms with Crippen molar-refractivity contribution >= 4 is 5.69 Å². The average molecular weight is 266 g/mol. The van der Waals surface area contributed by atoms with Crippen LogP contribution in [-0.4, -0.2) is 9.78 Å². The SMILES string of the molecule is Cc1ccc(C#N)cc1NC1CCCc2c1cnn2C. The van der Waals surface area contributed by atoms with Crippen molar-refractivity contribution in [2.24, 2.45) is 7.05 Å². The van der Waals surface area contributed by atoms with Gasteiger partial charge in [0, 0.05) is 24.0 Å². The number of nitriles is 1. The van der Waals surface area contributed by atoms with Crippen LogP contribution in [-0.2, 0) is 13.5 Å². The Hall–Kier alpha value is -2.28. The Bertz CT molecular complexity index is 678.